The van der Waals surface area contributed by atoms with Crippen molar-refractivity contribution in [2.24, 2.45) is 5.73 Å². The van der Waals surface area contributed by atoms with E-state index in [1.807, 2.05) is 38.1 Å². The van der Waals surface area contributed by atoms with Crippen LogP contribution in [0.2, 0.25) is 0 Å². The van der Waals surface area contributed by atoms with Crippen molar-refractivity contribution in [2.75, 3.05) is 0 Å². The molecule has 2 aromatic carbocycles. The van der Waals surface area contributed by atoms with E-state index in [-0.39, 0.29) is 41.0 Å². The van der Waals surface area contributed by atoms with Gasteiger partial charge < -0.3 is 15.9 Å². The van der Waals surface area contributed by atoms with Crippen LogP contribution in [-0.4, -0.2) is 20.7 Å². The molecule has 0 saturated heterocycles. The average molecular weight is 324 g/mol. The SMILES string of the molecule is CC(C)c1cc(C(=O)n2cc3ccccc3c2)c(O)c(CN)c1O. The van der Waals surface area contributed by atoms with E-state index in [1.54, 1.807) is 18.5 Å². The first kappa shape index (κ1) is 16.1. The lowest BCUT2D eigenvalue weighted by atomic mass is 9.94. The number of carbonyl (C=O) groups is 1. The molecule has 0 fully saturated rings. The highest BCUT2D eigenvalue weighted by molar-refractivity contribution is 6.02. The van der Waals surface area contributed by atoms with Crippen LogP contribution in [0.15, 0.2) is 42.7 Å². The summed E-state index contributed by atoms with van der Waals surface area (Å²) in [5.41, 5.74) is 6.57. The smallest absolute Gasteiger partial charge is 0.265 e. The van der Waals surface area contributed by atoms with E-state index in [2.05, 4.69) is 0 Å². The van der Waals surface area contributed by atoms with Crippen molar-refractivity contribution < 1.29 is 15.0 Å². The van der Waals surface area contributed by atoms with Gasteiger partial charge in [-0.25, -0.2) is 0 Å². The quantitative estimate of drug-likeness (QED) is 0.689. The number of nitrogens with zero attached hydrogens (tertiary/aromatic N) is 1. The summed E-state index contributed by atoms with van der Waals surface area (Å²) in [4.78, 5) is 12.9. The van der Waals surface area contributed by atoms with Gasteiger partial charge in [-0.2, -0.15) is 0 Å². The Kier molecular flexibility index (Phi) is 4.03. The molecule has 24 heavy (non-hydrogen) atoms. The topological polar surface area (TPSA) is 88.5 Å². The Bertz CT molecular complexity index is 893. The van der Waals surface area contributed by atoms with Gasteiger partial charge in [-0.05, 0) is 28.3 Å². The summed E-state index contributed by atoms with van der Waals surface area (Å²) in [5.74, 6) is -0.673. The average Bonchev–Trinajstić information content (AvgIpc) is 2.98. The van der Waals surface area contributed by atoms with Gasteiger partial charge in [0.1, 0.15) is 11.5 Å². The van der Waals surface area contributed by atoms with Crippen LogP contribution < -0.4 is 5.73 Å². The van der Waals surface area contributed by atoms with Gasteiger partial charge in [-0.1, -0.05) is 38.1 Å². The molecule has 0 unspecified atom stereocenters. The molecular formula is C19H20N2O3. The highest BCUT2D eigenvalue weighted by Gasteiger charge is 2.23. The maximum absolute atomic E-state index is 12.9. The molecule has 0 aliphatic heterocycles. The molecular weight excluding hydrogens is 304 g/mol. The molecule has 5 nitrogen and oxygen atoms in total. The Labute approximate surface area is 140 Å². The molecule has 1 heterocycles. The third-order valence-corrected chi connectivity index (χ3v) is 4.24. The van der Waals surface area contributed by atoms with E-state index in [1.165, 1.54) is 4.57 Å². The van der Waals surface area contributed by atoms with Crippen LogP contribution in [0.1, 0.15) is 41.3 Å². The number of hydrogen-bond donors (Lipinski definition) is 3. The van der Waals surface area contributed by atoms with Crippen molar-refractivity contribution >= 4 is 16.7 Å². The fraction of sp³-hybridized carbons (Fsp3) is 0.211. The Hall–Kier alpha value is -2.79. The number of aromatic nitrogens is 1. The Morgan fingerprint density at radius 3 is 2.21 bits per heavy atom. The molecule has 4 N–H and O–H groups in total. The van der Waals surface area contributed by atoms with Crippen molar-refractivity contribution in [3.05, 3.63) is 59.4 Å². The molecule has 3 rings (SSSR count). The number of carbonyl (C=O) groups excluding carboxylic acids is 1. The number of benzene rings is 2. The van der Waals surface area contributed by atoms with E-state index in [0.29, 0.717) is 5.56 Å². The van der Waals surface area contributed by atoms with Crippen LogP contribution in [0.5, 0.6) is 11.5 Å². The fourth-order valence-corrected chi connectivity index (χ4v) is 2.88. The van der Waals surface area contributed by atoms with Gasteiger partial charge in [0.25, 0.3) is 5.91 Å². The Balaban J connectivity index is 2.17. The Morgan fingerprint density at radius 1 is 1.12 bits per heavy atom. The number of hydrogen-bond acceptors (Lipinski definition) is 4. The molecule has 0 saturated carbocycles. The van der Waals surface area contributed by atoms with Gasteiger partial charge >= 0.3 is 0 Å². The van der Waals surface area contributed by atoms with Gasteiger partial charge in [0.15, 0.2) is 0 Å². The van der Waals surface area contributed by atoms with Crippen LogP contribution in [0.4, 0.5) is 0 Å². The second-order valence-electron chi connectivity index (χ2n) is 6.15. The molecule has 0 amide bonds. The highest BCUT2D eigenvalue weighted by Crippen LogP contribution is 2.38. The summed E-state index contributed by atoms with van der Waals surface area (Å²) in [5, 5.41) is 22.6. The first-order valence-electron chi connectivity index (χ1n) is 7.83. The van der Waals surface area contributed by atoms with E-state index in [0.717, 1.165) is 10.8 Å². The molecule has 0 spiro atoms. The summed E-state index contributed by atoms with van der Waals surface area (Å²) < 4.78 is 1.45. The molecule has 5 heteroatoms. The number of aromatic hydroxyl groups is 2. The molecule has 124 valence electrons. The van der Waals surface area contributed by atoms with Crippen molar-refractivity contribution in [3.8, 4) is 11.5 Å². The predicted molar refractivity (Wildman–Crippen MR) is 93.4 cm³/mol. The number of nitrogens with two attached hydrogens (primary N) is 1. The number of phenolic OH excluding ortho intramolecular Hbond substituents is 2. The lowest BCUT2D eigenvalue weighted by Gasteiger charge is -2.16. The van der Waals surface area contributed by atoms with Crippen LogP contribution >= 0.6 is 0 Å². The van der Waals surface area contributed by atoms with Crippen LogP contribution in [0.3, 0.4) is 0 Å². The zero-order chi connectivity index (χ0) is 17.4. The number of fused-ring (bicyclic) bond motifs is 1. The predicted octanol–water partition coefficient (Wildman–Crippen LogP) is 3.32. The monoisotopic (exact) mass is 324 g/mol. The highest BCUT2D eigenvalue weighted by atomic mass is 16.3. The summed E-state index contributed by atoms with van der Waals surface area (Å²) >= 11 is 0. The first-order chi connectivity index (χ1) is 11.4. The Morgan fingerprint density at radius 2 is 1.71 bits per heavy atom. The maximum atomic E-state index is 12.9. The van der Waals surface area contributed by atoms with Crippen molar-refractivity contribution in [3.63, 3.8) is 0 Å². The van der Waals surface area contributed by atoms with E-state index in [4.69, 9.17) is 5.73 Å². The van der Waals surface area contributed by atoms with Crippen molar-refractivity contribution in [2.45, 2.75) is 26.3 Å². The van der Waals surface area contributed by atoms with Gasteiger partial charge in [0.2, 0.25) is 0 Å². The lowest BCUT2D eigenvalue weighted by molar-refractivity contribution is 0.0957. The zero-order valence-electron chi connectivity index (χ0n) is 13.7. The molecule has 0 radical (unpaired) electrons. The number of rotatable bonds is 3. The zero-order valence-corrected chi connectivity index (χ0v) is 13.7. The van der Waals surface area contributed by atoms with Crippen LogP contribution in [-0.2, 0) is 6.54 Å². The van der Waals surface area contributed by atoms with Crippen molar-refractivity contribution in [1.29, 1.82) is 0 Å². The number of phenols is 2. The minimum atomic E-state index is -0.361. The summed E-state index contributed by atoms with van der Waals surface area (Å²) in [7, 11) is 0. The second-order valence-corrected chi connectivity index (χ2v) is 6.15. The third kappa shape index (κ3) is 2.53. The molecule has 0 aliphatic rings. The minimum Gasteiger partial charge on any atom is -0.507 e. The van der Waals surface area contributed by atoms with Gasteiger partial charge in [0, 0.05) is 18.9 Å². The second kappa shape index (κ2) is 6.02. The molecule has 3 aromatic rings. The van der Waals surface area contributed by atoms with Gasteiger partial charge in [-0.3, -0.25) is 9.36 Å². The summed E-state index contributed by atoms with van der Waals surface area (Å²) in [6.07, 6.45) is 3.45. The standard InChI is InChI=1S/C19H20N2O3/c1-11(2)14-7-15(18(23)16(8-20)17(14)22)19(24)21-9-12-5-3-4-6-13(12)10-21/h3-7,9-11,22-23H,8,20H2,1-2H3. The van der Waals surface area contributed by atoms with Crippen LogP contribution in [0, 0.1) is 0 Å². The maximum Gasteiger partial charge on any atom is 0.265 e. The largest absolute Gasteiger partial charge is 0.507 e. The molecule has 0 bridgehead atoms. The van der Waals surface area contributed by atoms with Crippen LogP contribution in [0.25, 0.3) is 10.8 Å². The summed E-state index contributed by atoms with van der Waals surface area (Å²) in [6.45, 7) is 3.77. The lowest BCUT2D eigenvalue weighted by Crippen LogP contribution is -2.13. The molecule has 1 aromatic heterocycles. The van der Waals surface area contributed by atoms with E-state index in [9.17, 15) is 15.0 Å². The first-order valence-corrected chi connectivity index (χ1v) is 7.83. The minimum absolute atomic E-state index is 0.00816. The van der Waals surface area contributed by atoms with E-state index < -0.39 is 0 Å². The fourth-order valence-electron chi connectivity index (χ4n) is 2.88. The van der Waals surface area contributed by atoms with Crippen molar-refractivity contribution in [1.82, 2.24) is 4.57 Å². The summed E-state index contributed by atoms with van der Waals surface area (Å²) in [6, 6.07) is 9.18. The van der Waals surface area contributed by atoms with Gasteiger partial charge in [0.05, 0.1) is 11.1 Å². The normalized spacial score (nSPS) is 11.3. The van der Waals surface area contributed by atoms with Gasteiger partial charge in [-0.15, -0.1) is 0 Å². The third-order valence-electron chi connectivity index (χ3n) is 4.24. The van der Waals surface area contributed by atoms with E-state index >= 15 is 0 Å². The molecule has 0 atom stereocenters. The molecule has 0 aliphatic carbocycles.